The highest BCUT2D eigenvalue weighted by molar-refractivity contribution is 7.99. The number of benzene rings is 1. The molecule has 0 fully saturated rings. The fourth-order valence-corrected chi connectivity index (χ4v) is 2.42. The molecule has 0 aliphatic carbocycles. The SMILES string of the molecule is CC(C)CSCC(=O)Cc1ccc(C(F)(F)F)cc1. The minimum absolute atomic E-state index is 0.0467. The lowest BCUT2D eigenvalue weighted by molar-refractivity contribution is -0.137. The van der Waals surface area contributed by atoms with Gasteiger partial charge in [0.15, 0.2) is 0 Å². The van der Waals surface area contributed by atoms with Crippen LogP contribution in [0, 0.1) is 5.92 Å². The fraction of sp³-hybridized carbons (Fsp3) is 0.500. The largest absolute Gasteiger partial charge is 0.416 e. The van der Waals surface area contributed by atoms with Gasteiger partial charge in [0.05, 0.1) is 11.3 Å². The van der Waals surface area contributed by atoms with Crippen molar-refractivity contribution in [3.63, 3.8) is 0 Å². The molecule has 0 amide bonds. The molecule has 1 aromatic rings. The summed E-state index contributed by atoms with van der Waals surface area (Å²) >= 11 is 1.57. The summed E-state index contributed by atoms with van der Waals surface area (Å²) in [5, 5.41) is 0. The summed E-state index contributed by atoms with van der Waals surface area (Å²) in [6.45, 7) is 4.15. The maximum Gasteiger partial charge on any atom is 0.416 e. The minimum Gasteiger partial charge on any atom is -0.298 e. The molecule has 0 bridgehead atoms. The molecule has 0 atom stereocenters. The lowest BCUT2D eigenvalue weighted by Crippen LogP contribution is -2.08. The smallest absolute Gasteiger partial charge is 0.298 e. The molecular formula is C14H17F3OS. The molecule has 0 N–H and O–H groups in total. The Kier molecular flexibility index (Phi) is 5.91. The van der Waals surface area contributed by atoms with E-state index in [4.69, 9.17) is 0 Å². The van der Waals surface area contributed by atoms with E-state index in [1.807, 2.05) is 0 Å². The van der Waals surface area contributed by atoms with Crippen molar-refractivity contribution < 1.29 is 18.0 Å². The maximum atomic E-state index is 12.4. The molecule has 0 aliphatic rings. The quantitative estimate of drug-likeness (QED) is 0.781. The Labute approximate surface area is 115 Å². The van der Waals surface area contributed by atoms with Crippen molar-refractivity contribution in [1.29, 1.82) is 0 Å². The van der Waals surface area contributed by atoms with Crippen LogP contribution in [0.1, 0.15) is 25.0 Å². The Balaban J connectivity index is 2.47. The number of hydrogen-bond acceptors (Lipinski definition) is 2. The topological polar surface area (TPSA) is 17.1 Å². The maximum absolute atomic E-state index is 12.4. The van der Waals surface area contributed by atoms with Crippen LogP contribution in [0.3, 0.4) is 0 Å². The summed E-state index contributed by atoms with van der Waals surface area (Å²) < 4.78 is 37.1. The van der Waals surface area contributed by atoms with Crippen LogP contribution in [-0.2, 0) is 17.4 Å². The van der Waals surface area contributed by atoms with Gasteiger partial charge in [0.2, 0.25) is 0 Å². The summed E-state index contributed by atoms with van der Waals surface area (Å²) in [5.74, 6) is 1.91. The number of hydrogen-bond donors (Lipinski definition) is 0. The highest BCUT2D eigenvalue weighted by Crippen LogP contribution is 2.29. The van der Waals surface area contributed by atoms with Crippen LogP contribution in [-0.4, -0.2) is 17.3 Å². The van der Waals surface area contributed by atoms with Gasteiger partial charge in [0.1, 0.15) is 5.78 Å². The Morgan fingerprint density at radius 3 is 2.26 bits per heavy atom. The van der Waals surface area contributed by atoms with E-state index in [2.05, 4.69) is 13.8 Å². The van der Waals surface area contributed by atoms with Crippen LogP contribution in [0.4, 0.5) is 13.2 Å². The number of halogens is 3. The van der Waals surface area contributed by atoms with Crippen molar-refractivity contribution in [3.05, 3.63) is 35.4 Å². The first kappa shape index (κ1) is 16.1. The van der Waals surface area contributed by atoms with Crippen molar-refractivity contribution in [1.82, 2.24) is 0 Å². The van der Waals surface area contributed by atoms with Crippen molar-refractivity contribution in [2.24, 2.45) is 5.92 Å². The van der Waals surface area contributed by atoms with Crippen molar-refractivity contribution >= 4 is 17.5 Å². The monoisotopic (exact) mass is 290 g/mol. The fourth-order valence-electron chi connectivity index (χ4n) is 1.50. The molecule has 1 nitrogen and oxygen atoms in total. The molecule has 0 radical (unpaired) electrons. The predicted octanol–water partition coefficient (Wildman–Crippen LogP) is 4.21. The van der Waals surface area contributed by atoms with Crippen molar-refractivity contribution in [2.45, 2.75) is 26.4 Å². The normalized spacial score (nSPS) is 11.9. The average molecular weight is 290 g/mol. The molecule has 1 aromatic carbocycles. The molecule has 0 unspecified atom stereocenters. The molecule has 0 spiro atoms. The van der Waals surface area contributed by atoms with E-state index in [-0.39, 0.29) is 12.2 Å². The standard InChI is InChI=1S/C14H17F3OS/c1-10(2)8-19-9-13(18)7-11-3-5-12(6-4-11)14(15,16)17/h3-6,10H,7-9H2,1-2H3. The van der Waals surface area contributed by atoms with Crippen molar-refractivity contribution in [2.75, 3.05) is 11.5 Å². The number of rotatable bonds is 6. The van der Waals surface area contributed by atoms with Gasteiger partial charge in [-0.15, -0.1) is 0 Å². The number of alkyl halides is 3. The zero-order chi connectivity index (χ0) is 14.5. The number of ketones is 1. The van der Waals surface area contributed by atoms with E-state index in [1.165, 1.54) is 12.1 Å². The molecule has 5 heteroatoms. The van der Waals surface area contributed by atoms with Gasteiger partial charge in [-0.2, -0.15) is 24.9 Å². The van der Waals surface area contributed by atoms with Gasteiger partial charge in [0.25, 0.3) is 0 Å². The first-order valence-corrected chi connectivity index (χ1v) is 7.20. The summed E-state index contributed by atoms with van der Waals surface area (Å²) in [6, 6.07) is 4.77. The third kappa shape index (κ3) is 6.14. The Morgan fingerprint density at radius 1 is 1.21 bits per heavy atom. The summed E-state index contributed by atoms with van der Waals surface area (Å²) in [4.78, 5) is 11.6. The van der Waals surface area contributed by atoms with Gasteiger partial charge in [-0.25, -0.2) is 0 Å². The molecule has 19 heavy (non-hydrogen) atoms. The van der Waals surface area contributed by atoms with Gasteiger partial charge < -0.3 is 0 Å². The molecule has 0 saturated heterocycles. The van der Waals surface area contributed by atoms with Gasteiger partial charge in [-0.3, -0.25) is 4.79 Å². The van der Waals surface area contributed by atoms with Crippen LogP contribution >= 0.6 is 11.8 Å². The van der Waals surface area contributed by atoms with E-state index in [0.717, 1.165) is 17.9 Å². The third-order valence-electron chi connectivity index (χ3n) is 2.40. The molecule has 0 aliphatic heterocycles. The van der Waals surface area contributed by atoms with Crippen molar-refractivity contribution in [3.8, 4) is 0 Å². The number of carbonyl (C=O) groups is 1. The number of thioether (sulfide) groups is 1. The summed E-state index contributed by atoms with van der Waals surface area (Å²) in [5.41, 5.74) is -0.0546. The zero-order valence-corrected chi connectivity index (χ0v) is 11.8. The Bertz CT molecular complexity index is 410. The van der Waals surface area contributed by atoms with Crippen LogP contribution in [0.5, 0.6) is 0 Å². The van der Waals surface area contributed by atoms with E-state index in [1.54, 1.807) is 11.8 Å². The van der Waals surface area contributed by atoms with Gasteiger partial charge >= 0.3 is 6.18 Å². The Hall–Kier alpha value is -0.970. The second kappa shape index (κ2) is 6.98. The van der Waals surface area contributed by atoms with Crippen LogP contribution < -0.4 is 0 Å². The van der Waals surface area contributed by atoms with E-state index in [0.29, 0.717) is 17.2 Å². The number of Topliss-reactive ketones (excluding diaryl/α,β-unsaturated/α-hetero) is 1. The van der Waals surface area contributed by atoms with Crippen LogP contribution in [0.2, 0.25) is 0 Å². The molecule has 106 valence electrons. The van der Waals surface area contributed by atoms with Crippen LogP contribution in [0.15, 0.2) is 24.3 Å². The lowest BCUT2D eigenvalue weighted by Gasteiger charge is -2.07. The first-order valence-electron chi connectivity index (χ1n) is 6.04. The summed E-state index contributed by atoms with van der Waals surface area (Å²) in [6.07, 6.45) is -4.13. The molecule has 1 rings (SSSR count). The highest BCUT2D eigenvalue weighted by Gasteiger charge is 2.29. The van der Waals surface area contributed by atoms with Gasteiger partial charge in [-0.05, 0) is 29.4 Å². The lowest BCUT2D eigenvalue weighted by atomic mass is 10.1. The van der Waals surface area contributed by atoms with Gasteiger partial charge in [0, 0.05) is 6.42 Å². The van der Waals surface area contributed by atoms with Gasteiger partial charge in [-0.1, -0.05) is 26.0 Å². The van der Waals surface area contributed by atoms with E-state index in [9.17, 15) is 18.0 Å². The molecule has 0 heterocycles. The molecule has 0 aromatic heterocycles. The predicted molar refractivity (Wildman–Crippen MR) is 72.3 cm³/mol. The third-order valence-corrected chi connectivity index (χ3v) is 3.83. The minimum atomic E-state index is -4.32. The summed E-state index contributed by atoms with van der Waals surface area (Å²) in [7, 11) is 0. The second-order valence-electron chi connectivity index (χ2n) is 4.82. The molecular weight excluding hydrogens is 273 g/mol. The molecule has 0 saturated carbocycles. The number of carbonyl (C=O) groups excluding carboxylic acids is 1. The average Bonchev–Trinajstić information content (AvgIpc) is 2.27. The highest BCUT2D eigenvalue weighted by atomic mass is 32.2. The second-order valence-corrected chi connectivity index (χ2v) is 5.85. The van der Waals surface area contributed by atoms with E-state index >= 15 is 0 Å². The zero-order valence-electron chi connectivity index (χ0n) is 11.0. The van der Waals surface area contributed by atoms with E-state index < -0.39 is 11.7 Å². The van der Waals surface area contributed by atoms with Crippen LogP contribution in [0.25, 0.3) is 0 Å². The Morgan fingerprint density at radius 2 is 1.79 bits per heavy atom. The first-order chi connectivity index (χ1) is 8.79.